The first-order valence-corrected chi connectivity index (χ1v) is 4.26. The van der Waals surface area contributed by atoms with Crippen LogP contribution in [0.1, 0.15) is 10.9 Å². The van der Waals surface area contributed by atoms with Gasteiger partial charge in [0.1, 0.15) is 16.9 Å². The molecule has 0 aromatic heterocycles. The number of rotatable bonds is 3. The smallest absolute Gasteiger partial charge is 0.240 e. The van der Waals surface area contributed by atoms with Gasteiger partial charge in [0, 0.05) is 5.56 Å². The molecule has 0 bridgehead atoms. The van der Waals surface area contributed by atoms with Crippen molar-refractivity contribution in [1.29, 1.82) is 0 Å². The van der Waals surface area contributed by atoms with Crippen molar-refractivity contribution >= 4 is 17.5 Å². The zero-order valence-electron chi connectivity index (χ0n) is 7.46. The summed E-state index contributed by atoms with van der Waals surface area (Å²) >= 11 is 5.68. The van der Waals surface area contributed by atoms with Gasteiger partial charge < -0.3 is 10.5 Å². The van der Waals surface area contributed by atoms with Gasteiger partial charge in [0.05, 0.1) is 7.11 Å². The highest BCUT2D eigenvalue weighted by Gasteiger charge is 2.19. The third-order valence-corrected chi connectivity index (χ3v) is 2.16. The number of amides is 1. The molecule has 0 aliphatic carbocycles. The van der Waals surface area contributed by atoms with E-state index < -0.39 is 17.1 Å². The minimum atomic E-state index is -1.08. The summed E-state index contributed by atoms with van der Waals surface area (Å²) in [5, 5.41) is -1.08. The molecule has 0 radical (unpaired) electrons. The van der Waals surface area contributed by atoms with Gasteiger partial charge in [-0.2, -0.15) is 0 Å². The summed E-state index contributed by atoms with van der Waals surface area (Å²) in [6.45, 7) is 0. The number of hydrogen-bond acceptors (Lipinski definition) is 2. The summed E-state index contributed by atoms with van der Waals surface area (Å²) in [7, 11) is 1.40. The first-order chi connectivity index (χ1) is 6.56. The molecule has 2 N–H and O–H groups in total. The molecule has 0 saturated heterocycles. The number of halogens is 2. The van der Waals surface area contributed by atoms with Gasteiger partial charge in [-0.3, -0.25) is 4.79 Å². The second-order valence-electron chi connectivity index (χ2n) is 2.65. The van der Waals surface area contributed by atoms with Crippen LogP contribution >= 0.6 is 11.6 Å². The Balaban J connectivity index is 3.16. The fourth-order valence-electron chi connectivity index (χ4n) is 1.06. The quantitative estimate of drug-likeness (QED) is 0.782. The van der Waals surface area contributed by atoms with Gasteiger partial charge in [0.15, 0.2) is 0 Å². The van der Waals surface area contributed by atoms with Crippen LogP contribution in [0, 0.1) is 5.82 Å². The summed E-state index contributed by atoms with van der Waals surface area (Å²) in [6, 6.07) is 3.73. The van der Waals surface area contributed by atoms with Gasteiger partial charge in [0.25, 0.3) is 0 Å². The average molecular weight is 218 g/mol. The van der Waals surface area contributed by atoms with Crippen LogP contribution in [0.4, 0.5) is 4.39 Å². The van der Waals surface area contributed by atoms with Crippen LogP contribution in [-0.2, 0) is 4.79 Å². The van der Waals surface area contributed by atoms with Crippen LogP contribution in [0.5, 0.6) is 5.75 Å². The van der Waals surface area contributed by atoms with E-state index in [1.54, 1.807) is 0 Å². The summed E-state index contributed by atoms with van der Waals surface area (Å²) in [5.41, 5.74) is 5.23. The van der Waals surface area contributed by atoms with Crippen molar-refractivity contribution in [3.05, 3.63) is 29.6 Å². The van der Waals surface area contributed by atoms with Crippen molar-refractivity contribution in [3.63, 3.8) is 0 Å². The molecule has 1 aromatic carbocycles. The Hall–Kier alpha value is -1.29. The molecule has 1 rings (SSSR count). The van der Waals surface area contributed by atoms with Crippen molar-refractivity contribution in [2.75, 3.05) is 7.11 Å². The third kappa shape index (κ3) is 2.14. The third-order valence-electron chi connectivity index (χ3n) is 1.71. The maximum absolute atomic E-state index is 12.8. The van der Waals surface area contributed by atoms with Crippen molar-refractivity contribution in [2.45, 2.75) is 5.38 Å². The number of benzene rings is 1. The molecule has 3 nitrogen and oxygen atoms in total. The van der Waals surface area contributed by atoms with E-state index in [-0.39, 0.29) is 5.56 Å². The minimum absolute atomic E-state index is 0.238. The Bertz CT molecular complexity index is 357. The average Bonchev–Trinajstić information content (AvgIpc) is 2.16. The van der Waals surface area contributed by atoms with Crippen LogP contribution in [0.25, 0.3) is 0 Å². The number of primary amides is 1. The van der Waals surface area contributed by atoms with Crippen LogP contribution in [0.15, 0.2) is 18.2 Å². The highest BCUT2D eigenvalue weighted by atomic mass is 35.5. The number of carbonyl (C=O) groups excluding carboxylic acids is 1. The Kier molecular flexibility index (Phi) is 3.30. The van der Waals surface area contributed by atoms with E-state index in [1.807, 2.05) is 0 Å². The Labute approximate surface area is 85.6 Å². The summed E-state index contributed by atoms with van der Waals surface area (Å²) in [6.07, 6.45) is 0. The SMILES string of the molecule is COc1ccc(F)cc1C(Cl)C(N)=O. The zero-order chi connectivity index (χ0) is 10.7. The number of alkyl halides is 1. The molecule has 0 aliphatic rings. The lowest BCUT2D eigenvalue weighted by Gasteiger charge is -2.10. The van der Waals surface area contributed by atoms with Crippen LogP contribution in [0.3, 0.4) is 0 Å². The zero-order valence-corrected chi connectivity index (χ0v) is 8.22. The van der Waals surface area contributed by atoms with E-state index in [0.717, 1.165) is 6.07 Å². The van der Waals surface area contributed by atoms with Crippen molar-refractivity contribution in [1.82, 2.24) is 0 Å². The van der Waals surface area contributed by atoms with Gasteiger partial charge in [-0.15, -0.1) is 11.6 Å². The molecular formula is C9H9ClFNO2. The largest absolute Gasteiger partial charge is 0.496 e. The fourth-order valence-corrected chi connectivity index (χ4v) is 1.23. The summed E-state index contributed by atoms with van der Waals surface area (Å²) in [4.78, 5) is 10.8. The molecule has 1 atom stereocenters. The number of ether oxygens (including phenoxy) is 1. The van der Waals surface area contributed by atoms with Crippen LogP contribution in [-0.4, -0.2) is 13.0 Å². The lowest BCUT2D eigenvalue weighted by Crippen LogP contribution is -2.17. The van der Waals surface area contributed by atoms with Crippen LogP contribution < -0.4 is 10.5 Å². The monoisotopic (exact) mass is 217 g/mol. The maximum Gasteiger partial charge on any atom is 0.240 e. The second kappa shape index (κ2) is 4.28. The topological polar surface area (TPSA) is 52.3 Å². The molecule has 1 aromatic rings. The molecule has 14 heavy (non-hydrogen) atoms. The van der Waals surface area contributed by atoms with Gasteiger partial charge in [-0.1, -0.05) is 0 Å². The van der Waals surface area contributed by atoms with Gasteiger partial charge in [-0.25, -0.2) is 4.39 Å². The number of methoxy groups -OCH3 is 1. The Morgan fingerprint density at radius 1 is 1.64 bits per heavy atom. The van der Waals surface area contributed by atoms with E-state index in [2.05, 4.69) is 0 Å². The molecule has 0 saturated carbocycles. The Morgan fingerprint density at radius 2 is 2.29 bits per heavy atom. The predicted molar refractivity (Wildman–Crippen MR) is 50.7 cm³/mol. The molecular weight excluding hydrogens is 209 g/mol. The minimum Gasteiger partial charge on any atom is -0.496 e. The molecule has 0 fully saturated rings. The van der Waals surface area contributed by atoms with E-state index in [0.29, 0.717) is 5.75 Å². The molecule has 1 unspecified atom stereocenters. The van der Waals surface area contributed by atoms with Gasteiger partial charge in [-0.05, 0) is 18.2 Å². The van der Waals surface area contributed by atoms with E-state index in [4.69, 9.17) is 22.1 Å². The van der Waals surface area contributed by atoms with Crippen molar-refractivity contribution < 1.29 is 13.9 Å². The van der Waals surface area contributed by atoms with E-state index in [1.165, 1.54) is 19.2 Å². The molecule has 1 amide bonds. The normalized spacial score (nSPS) is 12.2. The predicted octanol–water partition coefficient (Wildman–Crippen LogP) is 1.60. The van der Waals surface area contributed by atoms with Crippen LogP contribution in [0.2, 0.25) is 0 Å². The Morgan fingerprint density at radius 3 is 2.79 bits per heavy atom. The van der Waals surface area contributed by atoms with E-state index >= 15 is 0 Å². The molecule has 5 heteroatoms. The van der Waals surface area contributed by atoms with Crippen molar-refractivity contribution in [3.8, 4) is 5.75 Å². The molecule has 0 spiro atoms. The number of carbonyl (C=O) groups is 1. The lowest BCUT2D eigenvalue weighted by atomic mass is 10.1. The summed E-state index contributed by atoms with van der Waals surface area (Å²) < 4.78 is 17.8. The number of nitrogens with two attached hydrogens (primary N) is 1. The number of hydrogen-bond donors (Lipinski definition) is 1. The molecule has 76 valence electrons. The maximum atomic E-state index is 12.8. The van der Waals surface area contributed by atoms with Crippen molar-refractivity contribution in [2.24, 2.45) is 5.73 Å². The standard InChI is InChI=1S/C9H9ClFNO2/c1-14-7-3-2-5(11)4-6(7)8(10)9(12)13/h2-4,8H,1H3,(H2,12,13). The van der Waals surface area contributed by atoms with Gasteiger partial charge >= 0.3 is 0 Å². The molecule has 0 aliphatic heterocycles. The second-order valence-corrected chi connectivity index (χ2v) is 3.09. The summed E-state index contributed by atoms with van der Waals surface area (Å²) in [5.74, 6) is -0.895. The highest BCUT2D eigenvalue weighted by Crippen LogP contribution is 2.29. The van der Waals surface area contributed by atoms with E-state index in [9.17, 15) is 9.18 Å². The first kappa shape index (κ1) is 10.8. The molecule has 0 heterocycles. The highest BCUT2D eigenvalue weighted by molar-refractivity contribution is 6.30. The van der Waals surface area contributed by atoms with Gasteiger partial charge in [0.2, 0.25) is 5.91 Å². The fraction of sp³-hybridized carbons (Fsp3) is 0.222. The lowest BCUT2D eigenvalue weighted by molar-refractivity contribution is -0.117. The first-order valence-electron chi connectivity index (χ1n) is 3.83.